The molecule has 0 bridgehead atoms. The lowest BCUT2D eigenvalue weighted by molar-refractivity contribution is 0.0324. The molecule has 4 aromatic carbocycles. The Kier molecular flexibility index (Phi) is 17.5. The second-order valence-electron chi connectivity index (χ2n) is 13.6. The van der Waals surface area contributed by atoms with Gasteiger partial charge in [0.1, 0.15) is 13.2 Å². The fourth-order valence-electron chi connectivity index (χ4n) is 5.94. The van der Waals surface area contributed by atoms with Gasteiger partial charge < -0.3 is 45.6 Å². The smallest absolute Gasteiger partial charge is 0.410 e. The van der Waals surface area contributed by atoms with E-state index in [0.717, 1.165) is 31.2 Å². The molecule has 4 aromatic rings. The third-order valence-corrected chi connectivity index (χ3v) is 11.2. The number of hydrogen-bond acceptors (Lipinski definition) is 9. The molecule has 13 nitrogen and oxygen atoms in total. The minimum atomic E-state index is -0.885. The number of piperidine rings is 2. The van der Waals surface area contributed by atoms with Crippen LogP contribution in [0.4, 0.5) is 9.59 Å². The molecule has 0 unspecified atom stereocenters. The molecule has 4 atom stereocenters. The Morgan fingerprint density at radius 1 is 0.684 bits per heavy atom. The van der Waals surface area contributed by atoms with Gasteiger partial charge in [-0.2, -0.15) is 0 Å². The number of carbonyl (C=O) groups excluding carboxylic acids is 3. The molecule has 2 aliphatic heterocycles. The van der Waals surface area contributed by atoms with Crippen LogP contribution in [0.1, 0.15) is 55.8 Å². The first-order valence-corrected chi connectivity index (χ1v) is 19.9. The van der Waals surface area contributed by atoms with Gasteiger partial charge in [-0.25, -0.2) is 14.4 Å². The molecular weight excluding hydrogens is 864 g/mol. The van der Waals surface area contributed by atoms with Crippen LogP contribution >= 0.6 is 31.9 Å². The number of aliphatic hydroxyl groups is 2. The highest BCUT2D eigenvalue weighted by atomic mass is 79.9. The monoisotopic (exact) mass is 910 g/mol. The van der Waals surface area contributed by atoms with Gasteiger partial charge >= 0.3 is 18.2 Å². The van der Waals surface area contributed by atoms with Crippen LogP contribution in [0.3, 0.4) is 0 Å². The van der Waals surface area contributed by atoms with Crippen LogP contribution < -0.4 is 11.1 Å². The Balaban J connectivity index is 0.000000211. The van der Waals surface area contributed by atoms with Crippen molar-refractivity contribution in [3.05, 3.63) is 139 Å². The summed E-state index contributed by atoms with van der Waals surface area (Å²) in [6.45, 7) is 5.49. The summed E-state index contributed by atoms with van der Waals surface area (Å²) in [5, 5.41) is 31.3. The number of nitrogens with two attached hydrogens (primary N) is 1. The number of likely N-dealkylation sites (tertiary alicyclic amines) is 2. The van der Waals surface area contributed by atoms with Crippen molar-refractivity contribution in [1.29, 1.82) is 0 Å². The van der Waals surface area contributed by atoms with Crippen molar-refractivity contribution < 1.29 is 44.0 Å². The van der Waals surface area contributed by atoms with Gasteiger partial charge in [-0.3, -0.25) is 4.79 Å². The fourth-order valence-corrected chi connectivity index (χ4v) is 6.68. The van der Waals surface area contributed by atoms with Crippen molar-refractivity contribution in [2.24, 2.45) is 5.73 Å². The van der Waals surface area contributed by atoms with E-state index in [1.807, 2.05) is 79.7 Å². The molecule has 2 fully saturated rings. The van der Waals surface area contributed by atoms with Crippen molar-refractivity contribution in [3.63, 3.8) is 0 Å². The van der Waals surface area contributed by atoms with Crippen LogP contribution in [0.25, 0.3) is 0 Å². The summed E-state index contributed by atoms with van der Waals surface area (Å²) in [5.74, 6) is -1.16. The van der Waals surface area contributed by atoms with Gasteiger partial charge in [0.15, 0.2) is 0 Å². The number of halogens is 2. The van der Waals surface area contributed by atoms with Crippen LogP contribution in [0, 0.1) is 13.8 Å². The van der Waals surface area contributed by atoms with Crippen LogP contribution in [0.15, 0.2) is 106 Å². The minimum absolute atomic E-state index is 0.187. The predicted molar refractivity (Wildman–Crippen MR) is 222 cm³/mol. The van der Waals surface area contributed by atoms with Gasteiger partial charge in [0.05, 0.1) is 23.8 Å². The zero-order valence-electron chi connectivity index (χ0n) is 31.7. The van der Waals surface area contributed by atoms with E-state index in [1.54, 1.807) is 36.1 Å². The highest BCUT2D eigenvalue weighted by Crippen LogP contribution is 2.21. The summed E-state index contributed by atoms with van der Waals surface area (Å²) in [6.07, 6.45) is -1.18. The fraction of sp³-hybridized carbons (Fsp3) is 0.333. The number of nitrogens with zero attached hydrogens (tertiary/aromatic N) is 2. The van der Waals surface area contributed by atoms with E-state index in [-0.39, 0.29) is 37.8 Å². The summed E-state index contributed by atoms with van der Waals surface area (Å²) in [5.41, 5.74) is 10.0. The molecule has 3 amide bonds. The Hall–Kier alpha value is -4.80. The van der Waals surface area contributed by atoms with Gasteiger partial charge in [0.25, 0.3) is 5.91 Å². The zero-order chi connectivity index (χ0) is 41.5. The Morgan fingerprint density at radius 2 is 1.14 bits per heavy atom. The number of carboxylic acids is 1. The number of nitrogens with one attached hydrogen (secondary N) is 1. The normalized spacial score (nSPS) is 18.8. The summed E-state index contributed by atoms with van der Waals surface area (Å²) >= 11 is 6.67. The van der Waals surface area contributed by atoms with Crippen molar-refractivity contribution in [3.8, 4) is 0 Å². The molecule has 0 spiro atoms. The zero-order valence-corrected chi connectivity index (χ0v) is 34.9. The van der Waals surface area contributed by atoms with Crippen molar-refractivity contribution in [1.82, 2.24) is 15.1 Å². The number of carboxylic acid groups (broad SMARTS) is 1. The van der Waals surface area contributed by atoms with Crippen molar-refractivity contribution >= 4 is 55.9 Å². The Morgan fingerprint density at radius 3 is 1.61 bits per heavy atom. The number of ether oxygens (including phenoxy) is 2. The average molecular weight is 913 g/mol. The van der Waals surface area contributed by atoms with E-state index < -0.39 is 30.3 Å². The first kappa shape index (κ1) is 44.9. The third kappa shape index (κ3) is 13.7. The molecule has 6 rings (SSSR count). The van der Waals surface area contributed by atoms with Crippen LogP contribution in [0.2, 0.25) is 0 Å². The van der Waals surface area contributed by atoms with Crippen LogP contribution in [-0.4, -0.2) is 99.7 Å². The number of rotatable bonds is 7. The summed E-state index contributed by atoms with van der Waals surface area (Å²) in [4.78, 5) is 50.4. The minimum Gasteiger partial charge on any atom is -0.478 e. The van der Waals surface area contributed by atoms with E-state index in [4.69, 9.17) is 20.3 Å². The summed E-state index contributed by atoms with van der Waals surface area (Å²) in [7, 11) is 0. The maximum atomic E-state index is 12.6. The van der Waals surface area contributed by atoms with E-state index in [0.29, 0.717) is 43.6 Å². The summed E-state index contributed by atoms with van der Waals surface area (Å²) < 4.78 is 12.2. The van der Waals surface area contributed by atoms with Crippen LogP contribution in [-0.2, 0) is 22.7 Å². The predicted octanol–water partition coefficient (Wildman–Crippen LogP) is 6.43. The van der Waals surface area contributed by atoms with Crippen molar-refractivity contribution in [2.45, 2.75) is 64.2 Å². The van der Waals surface area contributed by atoms with E-state index >= 15 is 0 Å². The second-order valence-corrected chi connectivity index (χ2v) is 15.3. The van der Waals surface area contributed by atoms with E-state index in [1.165, 1.54) is 4.90 Å². The topological polar surface area (TPSA) is 192 Å². The highest BCUT2D eigenvalue weighted by Gasteiger charge is 2.33. The van der Waals surface area contributed by atoms with Crippen molar-refractivity contribution in [2.75, 3.05) is 26.2 Å². The lowest BCUT2D eigenvalue weighted by Gasteiger charge is -2.36. The number of carbonyl (C=O) groups is 4. The SMILES string of the molecule is Cc1c(Br)cccc1C(=O)N[C@H]1CN(C(=O)OCc2ccccc2)CC[C@@H]1O.Cc1c(Br)cccc1C(=O)O.N[C@H]1CN(C(=O)OCc2ccccc2)CC[C@@H]1O. The molecule has 0 aromatic heterocycles. The van der Waals surface area contributed by atoms with Gasteiger partial charge in [-0.1, -0.05) is 105 Å². The maximum Gasteiger partial charge on any atom is 0.410 e. The lowest BCUT2D eigenvalue weighted by Crippen LogP contribution is -2.56. The summed E-state index contributed by atoms with van der Waals surface area (Å²) in [6, 6.07) is 28.5. The largest absolute Gasteiger partial charge is 0.478 e. The highest BCUT2D eigenvalue weighted by molar-refractivity contribution is 9.10. The molecule has 2 heterocycles. The maximum absolute atomic E-state index is 12.6. The van der Waals surface area contributed by atoms with E-state index in [9.17, 15) is 29.4 Å². The molecule has 0 saturated carbocycles. The molecule has 2 aliphatic rings. The lowest BCUT2D eigenvalue weighted by atomic mass is 10.0. The average Bonchev–Trinajstić information content (AvgIpc) is 3.21. The number of amides is 3. The standard InChI is InChI=1S/C21H23BrN2O4.C13H18N2O3.C8H7BrO2/c1-14-16(8-5-9-17(14)22)20(26)23-18-12-24(11-10-19(18)25)21(27)28-13-15-6-3-2-4-7-15;14-11-8-15(7-6-12(11)16)13(17)18-9-10-4-2-1-3-5-10;1-5-6(8(10)11)3-2-4-7(5)9/h2-9,18-19,25H,10-13H2,1H3,(H,23,26);1-5,11-12,16H,6-9,14H2;2-4H,1H3,(H,10,11)/t18-,19-;11-,12-;/m00./s1. The number of benzene rings is 4. The first-order valence-electron chi connectivity index (χ1n) is 18.3. The molecule has 0 aliphatic carbocycles. The second kappa shape index (κ2) is 22.2. The van der Waals surface area contributed by atoms with E-state index in [2.05, 4.69) is 37.2 Å². The first-order chi connectivity index (χ1) is 27.2. The molecule has 57 heavy (non-hydrogen) atoms. The number of aliphatic hydroxyl groups excluding tert-OH is 2. The van der Waals surface area contributed by atoms with Gasteiger partial charge in [0, 0.05) is 46.7 Å². The van der Waals surface area contributed by atoms with Gasteiger partial charge in [-0.15, -0.1) is 0 Å². The van der Waals surface area contributed by atoms with Crippen LogP contribution in [0.5, 0.6) is 0 Å². The number of aromatic carboxylic acids is 1. The molecule has 6 N–H and O–H groups in total. The molecule has 0 radical (unpaired) electrons. The Labute approximate surface area is 349 Å². The quantitative estimate of drug-likeness (QED) is 0.138. The van der Waals surface area contributed by atoms with Gasteiger partial charge in [0.2, 0.25) is 0 Å². The molecule has 15 heteroatoms. The molecule has 304 valence electrons. The van der Waals surface area contributed by atoms with Gasteiger partial charge in [-0.05, 0) is 73.2 Å². The number of hydrogen-bond donors (Lipinski definition) is 5. The molecular formula is C42H48Br2N4O9. The third-order valence-electron chi connectivity index (χ3n) is 9.45. The molecule has 2 saturated heterocycles. The Bertz CT molecular complexity index is 1950.